The van der Waals surface area contributed by atoms with Gasteiger partial charge in [0.1, 0.15) is 0 Å². The molecule has 156 valence electrons. The van der Waals surface area contributed by atoms with E-state index < -0.39 is 9.85 Å². The van der Waals surface area contributed by atoms with Crippen LogP contribution < -0.4 is 0 Å². The highest BCUT2D eigenvalue weighted by Gasteiger charge is 2.35. The molecule has 2 aromatic rings. The van der Waals surface area contributed by atoms with Crippen molar-refractivity contribution in [3.8, 4) is 0 Å². The van der Waals surface area contributed by atoms with Gasteiger partial charge < -0.3 is 0 Å². The van der Waals surface area contributed by atoms with Gasteiger partial charge in [0.15, 0.2) is 0 Å². The van der Waals surface area contributed by atoms with Crippen LogP contribution >= 0.6 is 0 Å². The lowest BCUT2D eigenvalue weighted by molar-refractivity contribution is -0.394. The SMILES string of the molecule is CC1=CC(=Nc2c(C)cccc2C(C)C)C2=Cc3cc([N+](=O)[O-])cc([N+](=O)[O-])c3C2=N1. The summed E-state index contributed by atoms with van der Waals surface area (Å²) in [4.78, 5) is 31.2. The quantitative estimate of drug-likeness (QED) is 0.462. The van der Waals surface area contributed by atoms with Crippen molar-refractivity contribution in [3.05, 3.63) is 90.2 Å². The summed E-state index contributed by atoms with van der Waals surface area (Å²) in [5, 5.41) is 23.0. The first-order valence-electron chi connectivity index (χ1n) is 9.82. The fourth-order valence-electron chi connectivity index (χ4n) is 3.92. The molecule has 0 atom stereocenters. The summed E-state index contributed by atoms with van der Waals surface area (Å²) in [7, 11) is 0. The molecular formula is C23H20N4O4. The number of aliphatic imine (C=N–C) groups is 2. The van der Waals surface area contributed by atoms with Crippen molar-refractivity contribution < 1.29 is 9.85 Å². The molecule has 31 heavy (non-hydrogen) atoms. The Hall–Kier alpha value is -3.94. The number of hydrogen-bond donors (Lipinski definition) is 0. The molecule has 1 aliphatic carbocycles. The Morgan fingerprint density at radius 2 is 1.77 bits per heavy atom. The van der Waals surface area contributed by atoms with Crippen molar-refractivity contribution >= 4 is 34.6 Å². The van der Waals surface area contributed by atoms with E-state index >= 15 is 0 Å². The number of non-ortho nitro benzene ring substituents is 1. The minimum atomic E-state index is -0.629. The predicted molar refractivity (Wildman–Crippen MR) is 120 cm³/mol. The summed E-state index contributed by atoms with van der Waals surface area (Å²) in [6.45, 7) is 7.99. The van der Waals surface area contributed by atoms with E-state index in [1.807, 2.05) is 31.2 Å². The summed E-state index contributed by atoms with van der Waals surface area (Å²) in [5.41, 5.74) is 5.35. The van der Waals surface area contributed by atoms with Gasteiger partial charge in [-0.25, -0.2) is 4.99 Å². The van der Waals surface area contributed by atoms with E-state index in [-0.39, 0.29) is 17.3 Å². The average Bonchev–Trinajstić information content (AvgIpc) is 3.07. The zero-order valence-corrected chi connectivity index (χ0v) is 17.5. The van der Waals surface area contributed by atoms with Crippen LogP contribution in [0.1, 0.15) is 48.9 Å². The highest BCUT2D eigenvalue weighted by molar-refractivity contribution is 6.41. The van der Waals surface area contributed by atoms with Crippen LogP contribution in [0.5, 0.6) is 0 Å². The fourth-order valence-corrected chi connectivity index (χ4v) is 3.92. The van der Waals surface area contributed by atoms with Gasteiger partial charge >= 0.3 is 0 Å². The molecule has 0 saturated heterocycles. The van der Waals surface area contributed by atoms with Crippen LogP contribution in [0.25, 0.3) is 6.08 Å². The third kappa shape index (κ3) is 3.46. The zero-order valence-electron chi connectivity index (χ0n) is 17.5. The molecule has 8 heteroatoms. The number of aryl methyl sites for hydroxylation is 1. The molecule has 1 aliphatic heterocycles. The summed E-state index contributed by atoms with van der Waals surface area (Å²) >= 11 is 0. The van der Waals surface area contributed by atoms with Crippen LogP contribution in [-0.2, 0) is 0 Å². The van der Waals surface area contributed by atoms with E-state index in [0.29, 0.717) is 33.8 Å². The summed E-state index contributed by atoms with van der Waals surface area (Å²) in [5.74, 6) is 0.263. The molecule has 0 unspecified atom stereocenters. The Labute approximate surface area is 178 Å². The summed E-state index contributed by atoms with van der Waals surface area (Å²) < 4.78 is 0. The molecule has 0 fully saturated rings. The maximum atomic E-state index is 11.7. The Kier molecular flexibility index (Phi) is 4.85. The average molecular weight is 416 g/mol. The van der Waals surface area contributed by atoms with E-state index in [1.165, 1.54) is 6.07 Å². The number of rotatable bonds is 4. The molecule has 0 aromatic heterocycles. The molecule has 0 bridgehead atoms. The lowest BCUT2D eigenvalue weighted by Crippen LogP contribution is -2.15. The van der Waals surface area contributed by atoms with Crippen molar-refractivity contribution in [2.45, 2.75) is 33.6 Å². The van der Waals surface area contributed by atoms with Crippen LogP contribution in [0.4, 0.5) is 17.1 Å². The first-order valence-corrected chi connectivity index (χ1v) is 9.82. The van der Waals surface area contributed by atoms with Crippen LogP contribution in [0, 0.1) is 27.2 Å². The third-order valence-electron chi connectivity index (χ3n) is 5.37. The topological polar surface area (TPSA) is 111 Å². The number of nitro groups is 2. The molecule has 0 amide bonds. The monoisotopic (exact) mass is 416 g/mol. The number of hydrogen-bond acceptors (Lipinski definition) is 6. The number of nitrogens with zero attached hydrogens (tertiary/aromatic N) is 4. The van der Waals surface area contributed by atoms with Gasteiger partial charge in [-0.15, -0.1) is 0 Å². The van der Waals surface area contributed by atoms with Crippen molar-refractivity contribution in [3.63, 3.8) is 0 Å². The van der Waals surface area contributed by atoms with Crippen LogP contribution in [0.3, 0.4) is 0 Å². The normalized spacial score (nSPS) is 15.9. The zero-order chi connectivity index (χ0) is 22.4. The van der Waals surface area contributed by atoms with E-state index in [1.54, 1.807) is 13.0 Å². The van der Waals surface area contributed by atoms with Gasteiger partial charge in [-0.1, -0.05) is 32.0 Å². The molecule has 0 spiro atoms. The van der Waals surface area contributed by atoms with Crippen LogP contribution in [0.2, 0.25) is 0 Å². The standard InChI is InChI=1S/C23H20N4O4/c1-12(2)17-7-5-6-13(3)22(17)25-19-8-14(4)24-23-18(19)10-15-9-16(26(28)29)11-20(21(15)23)27(30)31/h5-12H,1-4H3. The number of benzene rings is 2. The van der Waals surface area contributed by atoms with Crippen molar-refractivity contribution in [1.82, 2.24) is 0 Å². The molecule has 2 aliphatic rings. The molecule has 8 nitrogen and oxygen atoms in total. The fraction of sp³-hybridized carbons (Fsp3) is 0.217. The first kappa shape index (κ1) is 20.3. The molecular weight excluding hydrogens is 396 g/mol. The van der Waals surface area contributed by atoms with E-state index in [4.69, 9.17) is 4.99 Å². The number of nitro benzene ring substituents is 2. The van der Waals surface area contributed by atoms with Gasteiger partial charge in [0, 0.05) is 17.3 Å². The molecule has 2 aromatic carbocycles. The maximum absolute atomic E-state index is 11.7. The lowest BCUT2D eigenvalue weighted by Gasteiger charge is -2.16. The van der Waals surface area contributed by atoms with Gasteiger partial charge in [-0.3, -0.25) is 25.2 Å². The molecule has 0 N–H and O–H groups in total. The van der Waals surface area contributed by atoms with Crippen LogP contribution in [0.15, 0.2) is 57.7 Å². The molecule has 0 radical (unpaired) electrons. The van der Waals surface area contributed by atoms with Gasteiger partial charge in [0.2, 0.25) is 0 Å². The second-order valence-corrected chi connectivity index (χ2v) is 7.91. The number of para-hydroxylation sites is 1. The second-order valence-electron chi connectivity index (χ2n) is 7.91. The first-order chi connectivity index (χ1) is 14.7. The molecule has 4 rings (SSSR count). The number of allylic oxidation sites excluding steroid dienone is 3. The van der Waals surface area contributed by atoms with Crippen LogP contribution in [-0.4, -0.2) is 21.3 Å². The lowest BCUT2D eigenvalue weighted by atomic mass is 9.96. The Morgan fingerprint density at radius 3 is 2.42 bits per heavy atom. The van der Waals surface area contributed by atoms with Gasteiger partial charge in [0.05, 0.1) is 38.6 Å². The smallest absolute Gasteiger partial charge is 0.258 e. The Balaban J connectivity index is 1.94. The maximum Gasteiger partial charge on any atom is 0.286 e. The van der Waals surface area contributed by atoms with Gasteiger partial charge in [-0.2, -0.15) is 0 Å². The Bertz CT molecular complexity index is 1280. The van der Waals surface area contributed by atoms with E-state index in [0.717, 1.165) is 22.9 Å². The second kappa shape index (κ2) is 7.39. The van der Waals surface area contributed by atoms with Crippen molar-refractivity contribution in [2.75, 3.05) is 0 Å². The largest absolute Gasteiger partial charge is 0.286 e. The minimum Gasteiger partial charge on any atom is -0.258 e. The highest BCUT2D eigenvalue weighted by Crippen LogP contribution is 2.40. The van der Waals surface area contributed by atoms with Gasteiger partial charge in [0.25, 0.3) is 11.4 Å². The van der Waals surface area contributed by atoms with E-state index in [9.17, 15) is 20.2 Å². The summed E-state index contributed by atoms with van der Waals surface area (Å²) in [6.07, 6.45) is 3.53. The minimum absolute atomic E-state index is 0.263. The molecule has 0 saturated carbocycles. The Morgan fingerprint density at radius 1 is 1.03 bits per heavy atom. The summed E-state index contributed by atoms with van der Waals surface area (Å²) in [6, 6.07) is 8.36. The third-order valence-corrected chi connectivity index (χ3v) is 5.37. The van der Waals surface area contributed by atoms with Crippen molar-refractivity contribution in [1.29, 1.82) is 0 Å². The predicted octanol–water partition coefficient (Wildman–Crippen LogP) is 5.81. The molecule has 1 heterocycles. The van der Waals surface area contributed by atoms with Gasteiger partial charge in [-0.05, 0) is 48.6 Å². The van der Waals surface area contributed by atoms with E-state index in [2.05, 4.69) is 18.8 Å². The van der Waals surface area contributed by atoms with Crippen molar-refractivity contribution in [2.24, 2.45) is 9.98 Å². The highest BCUT2D eigenvalue weighted by atomic mass is 16.6. The number of fused-ring (bicyclic) bond motifs is 3.